The lowest BCUT2D eigenvalue weighted by Crippen LogP contribution is -2.63. The van der Waals surface area contributed by atoms with Crippen molar-refractivity contribution in [3.05, 3.63) is 71.8 Å². The number of hydroxylamine groups is 4. The number of piperidine rings is 2. The van der Waals surface area contributed by atoms with Crippen molar-refractivity contribution in [2.45, 2.75) is 254 Å². The first-order valence-corrected chi connectivity index (χ1v) is 23.0. The van der Waals surface area contributed by atoms with Crippen LogP contribution in [0.2, 0.25) is 0 Å². The van der Waals surface area contributed by atoms with Crippen LogP contribution in [0.5, 0.6) is 0 Å². The van der Waals surface area contributed by atoms with Crippen LogP contribution in [0.3, 0.4) is 0 Å². The zero-order valence-corrected chi connectivity index (χ0v) is 39.7. The van der Waals surface area contributed by atoms with Crippen LogP contribution < -0.4 is 0 Å². The maximum Gasteiger partial charge on any atom is 0.135 e. The second-order valence-electron chi connectivity index (χ2n) is 20.8. The molecule has 0 radical (unpaired) electrons. The van der Waals surface area contributed by atoms with Crippen molar-refractivity contribution < 1.29 is 19.1 Å². The maximum atomic E-state index is 7.11. The van der Waals surface area contributed by atoms with E-state index < -0.39 is 5.60 Å². The van der Waals surface area contributed by atoms with Crippen molar-refractivity contribution in [3.8, 4) is 0 Å². The monoisotopic (exact) mass is 825 g/mol. The number of hydrogen-bond donors (Lipinski definition) is 0. The molecule has 0 amide bonds. The molecule has 2 heterocycles. The minimum atomic E-state index is -0.532. The first kappa shape index (κ1) is 55.2. The molecule has 0 saturated carbocycles. The third kappa shape index (κ3) is 15.8. The van der Waals surface area contributed by atoms with Gasteiger partial charge in [-0.2, -0.15) is 10.1 Å². The zero-order chi connectivity index (χ0) is 42.6. The van der Waals surface area contributed by atoms with Crippen LogP contribution >= 0.6 is 0 Å². The Morgan fingerprint density at radius 2 is 0.915 bits per heavy atom. The number of nitrogens with zero attached hydrogens (tertiary/aromatic N) is 2. The van der Waals surface area contributed by atoms with E-state index in [0.29, 0.717) is 13.2 Å². The Balaban J connectivity index is 0.000000571. The number of benzene rings is 2. The summed E-state index contributed by atoms with van der Waals surface area (Å²) < 4.78 is 12.5. The minimum absolute atomic E-state index is 0. The molecular formula is C53H96N2O4. The molecule has 59 heavy (non-hydrogen) atoms. The van der Waals surface area contributed by atoms with Crippen LogP contribution in [0.4, 0.5) is 0 Å². The quantitative estimate of drug-likeness (QED) is 0.149. The summed E-state index contributed by atoms with van der Waals surface area (Å²) >= 11 is 0. The third-order valence-electron chi connectivity index (χ3n) is 12.5. The molecule has 4 rings (SSSR count). The van der Waals surface area contributed by atoms with Crippen molar-refractivity contribution >= 4 is 0 Å². The summed E-state index contributed by atoms with van der Waals surface area (Å²) in [4.78, 5) is 14.0. The Kier molecular flexibility index (Phi) is 22.1. The molecule has 6 heteroatoms. The molecule has 2 saturated heterocycles. The average Bonchev–Trinajstić information content (AvgIpc) is 3.13. The predicted molar refractivity (Wildman–Crippen MR) is 255 cm³/mol. The molecule has 2 aromatic carbocycles. The van der Waals surface area contributed by atoms with Gasteiger partial charge in [0.1, 0.15) is 11.7 Å². The number of hydrogen-bond acceptors (Lipinski definition) is 6. The van der Waals surface area contributed by atoms with Gasteiger partial charge in [-0.1, -0.05) is 129 Å². The van der Waals surface area contributed by atoms with E-state index in [9.17, 15) is 0 Å². The van der Waals surface area contributed by atoms with Crippen molar-refractivity contribution in [2.75, 3.05) is 13.2 Å². The number of rotatable bonds is 18. The maximum absolute atomic E-state index is 7.11. The van der Waals surface area contributed by atoms with E-state index in [-0.39, 0.29) is 54.3 Å². The van der Waals surface area contributed by atoms with Gasteiger partial charge in [0.15, 0.2) is 0 Å². The third-order valence-corrected chi connectivity index (χ3v) is 12.5. The molecule has 6 nitrogen and oxygen atoms in total. The molecule has 6 unspecified atom stereocenters. The summed E-state index contributed by atoms with van der Waals surface area (Å²) in [7, 11) is 0. The lowest BCUT2D eigenvalue weighted by Gasteiger charge is -2.57. The molecule has 6 atom stereocenters. The summed E-state index contributed by atoms with van der Waals surface area (Å²) in [6, 6.07) is 21.2. The predicted octanol–water partition coefficient (Wildman–Crippen LogP) is 15.6. The Labute approximate surface area is 366 Å². The van der Waals surface area contributed by atoms with Gasteiger partial charge in [-0.25, -0.2) is 0 Å². The highest BCUT2D eigenvalue weighted by Crippen LogP contribution is 2.47. The first-order valence-electron chi connectivity index (χ1n) is 23.0. The highest BCUT2D eigenvalue weighted by atomic mass is 16.7. The fourth-order valence-electron chi connectivity index (χ4n) is 9.76. The minimum Gasteiger partial charge on any atom is -0.373 e. The number of ether oxygens (including phenoxy) is 2. The smallest absolute Gasteiger partial charge is 0.135 e. The van der Waals surface area contributed by atoms with Crippen LogP contribution in [0.1, 0.15) is 226 Å². The summed E-state index contributed by atoms with van der Waals surface area (Å²) in [5.74, 6) is 0. The van der Waals surface area contributed by atoms with E-state index in [1.165, 1.54) is 75.3 Å². The first-order chi connectivity index (χ1) is 26.6. The van der Waals surface area contributed by atoms with Gasteiger partial charge in [0.2, 0.25) is 0 Å². The van der Waals surface area contributed by atoms with Crippen LogP contribution in [0.25, 0.3) is 0 Å². The normalized spacial score (nSPS) is 27.0. The van der Waals surface area contributed by atoms with Gasteiger partial charge in [0, 0.05) is 22.2 Å². The Bertz CT molecular complexity index is 1370. The van der Waals surface area contributed by atoms with E-state index in [2.05, 4.69) is 175 Å². The van der Waals surface area contributed by atoms with Crippen molar-refractivity contribution in [1.29, 1.82) is 0 Å². The van der Waals surface area contributed by atoms with Crippen LogP contribution in [0.15, 0.2) is 60.7 Å². The van der Waals surface area contributed by atoms with E-state index in [1.54, 1.807) is 0 Å². The summed E-state index contributed by atoms with van der Waals surface area (Å²) in [5, 5.41) is 4.82. The largest absolute Gasteiger partial charge is 0.373 e. The summed E-state index contributed by atoms with van der Waals surface area (Å²) in [6.45, 7) is 34.7. The van der Waals surface area contributed by atoms with Crippen LogP contribution in [-0.2, 0) is 24.7 Å². The molecule has 342 valence electrons. The molecule has 0 bridgehead atoms. The van der Waals surface area contributed by atoms with Gasteiger partial charge in [0.25, 0.3) is 0 Å². The van der Waals surface area contributed by atoms with E-state index >= 15 is 0 Å². The van der Waals surface area contributed by atoms with Gasteiger partial charge in [-0.15, -0.1) is 0 Å². The highest BCUT2D eigenvalue weighted by Gasteiger charge is 2.51. The Hall–Kier alpha value is -1.80. The second kappa shape index (κ2) is 23.6. The molecule has 2 aliphatic heterocycles. The van der Waals surface area contributed by atoms with E-state index in [4.69, 9.17) is 19.1 Å². The molecule has 2 aliphatic rings. The van der Waals surface area contributed by atoms with Crippen LogP contribution in [0, 0.1) is 0 Å². The molecule has 0 aliphatic carbocycles. The van der Waals surface area contributed by atoms with Gasteiger partial charge < -0.3 is 9.47 Å². The van der Waals surface area contributed by atoms with Gasteiger partial charge in [-0.3, -0.25) is 9.68 Å². The molecule has 2 aromatic rings. The van der Waals surface area contributed by atoms with Gasteiger partial charge in [-0.05, 0) is 151 Å². The Morgan fingerprint density at radius 3 is 1.29 bits per heavy atom. The fourth-order valence-corrected chi connectivity index (χ4v) is 9.76. The molecule has 0 aromatic heterocycles. The lowest BCUT2D eigenvalue weighted by atomic mass is 9.76. The van der Waals surface area contributed by atoms with Crippen LogP contribution in [-0.4, -0.2) is 56.7 Å². The molecule has 0 spiro atoms. The molecular weight excluding hydrogens is 729 g/mol. The van der Waals surface area contributed by atoms with Gasteiger partial charge >= 0.3 is 0 Å². The summed E-state index contributed by atoms with van der Waals surface area (Å²) in [6.07, 6.45) is 16.5. The lowest BCUT2D eigenvalue weighted by molar-refractivity contribution is -0.355. The molecule has 2 fully saturated rings. The SMILES string of the molecule is C.C.CCCC1(C)CCCC(C)(CCC)N1OC(C)(COC(C)(C)C)c1ccccc1.CCCC1(C)CCCC(C)(CCC)N1OC(COC(C)(C)C)c1ccccc1. The topological polar surface area (TPSA) is 43.4 Å². The highest BCUT2D eigenvalue weighted by molar-refractivity contribution is 5.22. The van der Waals surface area contributed by atoms with Gasteiger partial charge in [0.05, 0.1) is 24.4 Å². The van der Waals surface area contributed by atoms with E-state index in [0.717, 1.165) is 25.7 Å². The fraction of sp³-hybridized carbons (Fsp3) is 0.774. The Morgan fingerprint density at radius 1 is 0.542 bits per heavy atom. The average molecular weight is 825 g/mol. The van der Waals surface area contributed by atoms with Crippen molar-refractivity contribution in [1.82, 2.24) is 10.1 Å². The molecule has 0 N–H and O–H groups in total. The summed E-state index contributed by atoms with van der Waals surface area (Å²) in [5.41, 5.74) is 1.69. The van der Waals surface area contributed by atoms with E-state index in [1.807, 2.05) is 0 Å². The van der Waals surface area contributed by atoms with Crippen molar-refractivity contribution in [3.63, 3.8) is 0 Å². The zero-order valence-electron chi connectivity index (χ0n) is 39.7. The standard InChI is InChI=1S/C26H45NO2.C25H43NO2.2CH4/c1-9-17-24(6)19-14-20-25(7,18-10-2)27(24)29-26(8,21-28-23(3,4)5)22-15-12-11-13-16-22;1-8-16-24(6)18-13-19-25(7,17-9-2)26(24)28-22(20-27-23(3,4)5)21-14-11-10-12-15-21;;/h11-13,15-16H,9-10,14,17-21H2,1-8H3;10-12,14-15,22H,8-9,13,16-20H2,1-7H3;2*1H4. The van der Waals surface area contributed by atoms with Crippen molar-refractivity contribution in [2.24, 2.45) is 0 Å². The second-order valence-corrected chi connectivity index (χ2v) is 20.8.